The van der Waals surface area contributed by atoms with Crippen molar-refractivity contribution in [1.82, 2.24) is 0 Å². The topological polar surface area (TPSA) is 27.6 Å². The van der Waals surface area contributed by atoms with Crippen molar-refractivity contribution in [3.63, 3.8) is 0 Å². The van der Waals surface area contributed by atoms with E-state index in [-0.39, 0.29) is 0 Å². The van der Waals surface area contributed by atoms with Gasteiger partial charge in [0, 0.05) is 5.56 Å². The van der Waals surface area contributed by atoms with Gasteiger partial charge in [0.1, 0.15) is 6.04 Å². The number of quaternary nitrogens is 1. The van der Waals surface area contributed by atoms with Gasteiger partial charge in [0.15, 0.2) is 0 Å². The van der Waals surface area contributed by atoms with Crippen LogP contribution in [0, 0.1) is 0 Å². The molecule has 1 heteroatoms. The van der Waals surface area contributed by atoms with E-state index in [1.165, 1.54) is 11.1 Å². The molecule has 0 amide bonds. The summed E-state index contributed by atoms with van der Waals surface area (Å²) in [5, 5.41) is 0. The molecule has 1 rings (SSSR count). The van der Waals surface area contributed by atoms with Gasteiger partial charge in [0.25, 0.3) is 0 Å². The first-order valence-corrected chi connectivity index (χ1v) is 4.54. The molecule has 12 heavy (non-hydrogen) atoms. The monoisotopic (exact) mass is 164 g/mol. The fourth-order valence-electron chi connectivity index (χ4n) is 1.21. The smallest absolute Gasteiger partial charge is 0.107 e. The van der Waals surface area contributed by atoms with E-state index in [4.69, 9.17) is 0 Å². The first-order chi connectivity index (χ1) is 5.61. The van der Waals surface area contributed by atoms with Gasteiger partial charge in [-0.2, -0.15) is 0 Å². The van der Waals surface area contributed by atoms with E-state index in [9.17, 15) is 0 Å². The summed E-state index contributed by atoms with van der Waals surface area (Å²) in [7, 11) is 0. The Hall–Kier alpha value is -0.820. The van der Waals surface area contributed by atoms with Crippen LogP contribution in [0.4, 0.5) is 0 Å². The molecule has 0 saturated heterocycles. The van der Waals surface area contributed by atoms with Crippen LogP contribution in [0.25, 0.3) is 0 Å². The van der Waals surface area contributed by atoms with Crippen LogP contribution in [0.3, 0.4) is 0 Å². The molecule has 1 atom stereocenters. The molecule has 0 radical (unpaired) electrons. The molecule has 1 aromatic rings. The lowest BCUT2D eigenvalue weighted by Gasteiger charge is -2.07. The van der Waals surface area contributed by atoms with Crippen LogP contribution < -0.4 is 5.73 Å². The van der Waals surface area contributed by atoms with Gasteiger partial charge in [0.05, 0.1) is 0 Å². The standard InChI is InChI=1S/C11H17N/c1-8(2)10-4-6-11(7-5-10)9(3)12/h4-9H,12H2,1-3H3/p+1/t9-/m1/s1. The Morgan fingerprint density at radius 2 is 1.33 bits per heavy atom. The quantitative estimate of drug-likeness (QED) is 0.693. The number of benzene rings is 1. The fraction of sp³-hybridized carbons (Fsp3) is 0.455. The Morgan fingerprint density at radius 1 is 0.917 bits per heavy atom. The molecule has 0 fully saturated rings. The van der Waals surface area contributed by atoms with Gasteiger partial charge in [0.2, 0.25) is 0 Å². The largest absolute Gasteiger partial charge is 0.352 e. The molecule has 0 spiro atoms. The van der Waals surface area contributed by atoms with Crippen LogP contribution in [-0.2, 0) is 0 Å². The highest BCUT2D eigenvalue weighted by molar-refractivity contribution is 5.25. The predicted molar refractivity (Wildman–Crippen MR) is 51.8 cm³/mol. The summed E-state index contributed by atoms with van der Waals surface area (Å²) in [5.74, 6) is 0.624. The van der Waals surface area contributed by atoms with Crippen LogP contribution in [0.2, 0.25) is 0 Å². The van der Waals surface area contributed by atoms with Crippen molar-refractivity contribution in [3.8, 4) is 0 Å². The molecule has 3 N–H and O–H groups in total. The van der Waals surface area contributed by atoms with Crippen molar-refractivity contribution in [2.24, 2.45) is 0 Å². The molecular formula is C11H18N+. The molecule has 0 aliphatic heterocycles. The lowest BCUT2D eigenvalue weighted by atomic mass is 10.00. The van der Waals surface area contributed by atoms with Gasteiger partial charge in [-0.05, 0) is 18.4 Å². The Balaban J connectivity index is 2.86. The predicted octanol–water partition coefficient (Wildman–Crippen LogP) is 2.11. The van der Waals surface area contributed by atoms with Crippen LogP contribution in [-0.4, -0.2) is 0 Å². The molecule has 0 heterocycles. The Labute approximate surface area is 74.6 Å². The van der Waals surface area contributed by atoms with Crippen LogP contribution in [0.15, 0.2) is 24.3 Å². The van der Waals surface area contributed by atoms with Crippen molar-refractivity contribution in [2.75, 3.05) is 0 Å². The summed E-state index contributed by atoms with van der Waals surface area (Å²) < 4.78 is 0. The minimum atomic E-state index is 0.395. The van der Waals surface area contributed by atoms with E-state index in [0.29, 0.717) is 12.0 Å². The third kappa shape index (κ3) is 2.08. The molecular weight excluding hydrogens is 146 g/mol. The molecule has 0 saturated carbocycles. The Morgan fingerprint density at radius 3 is 1.67 bits per heavy atom. The first kappa shape index (κ1) is 9.27. The SMILES string of the molecule is CC(C)c1ccc([C@@H](C)[NH3+])cc1. The van der Waals surface area contributed by atoms with Crippen molar-refractivity contribution in [1.29, 1.82) is 0 Å². The van der Waals surface area contributed by atoms with E-state index in [0.717, 1.165) is 0 Å². The highest BCUT2D eigenvalue weighted by atomic mass is 14.6. The molecule has 0 aromatic heterocycles. The van der Waals surface area contributed by atoms with E-state index in [1.807, 2.05) is 0 Å². The lowest BCUT2D eigenvalue weighted by molar-refractivity contribution is -0.420. The van der Waals surface area contributed by atoms with E-state index in [2.05, 4.69) is 50.8 Å². The van der Waals surface area contributed by atoms with E-state index < -0.39 is 0 Å². The highest BCUT2D eigenvalue weighted by Crippen LogP contribution is 2.16. The molecule has 0 aliphatic carbocycles. The minimum absolute atomic E-state index is 0.395. The summed E-state index contributed by atoms with van der Waals surface area (Å²) in [6.07, 6.45) is 0. The zero-order valence-electron chi connectivity index (χ0n) is 8.17. The van der Waals surface area contributed by atoms with Crippen LogP contribution in [0.5, 0.6) is 0 Å². The van der Waals surface area contributed by atoms with Gasteiger partial charge < -0.3 is 5.73 Å². The van der Waals surface area contributed by atoms with Crippen molar-refractivity contribution in [2.45, 2.75) is 32.7 Å². The van der Waals surface area contributed by atoms with Crippen molar-refractivity contribution >= 4 is 0 Å². The maximum Gasteiger partial charge on any atom is 0.107 e. The van der Waals surface area contributed by atoms with Crippen LogP contribution in [0.1, 0.15) is 43.9 Å². The third-order valence-electron chi connectivity index (χ3n) is 2.17. The van der Waals surface area contributed by atoms with Gasteiger partial charge >= 0.3 is 0 Å². The Kier molecular flexibility index (Phi) is 2.88. The fourth-order valence-corrected chi connectivity index (χ4v) is 1.21. The number of hydrogen-bond acceptors (Lipinski definition) is 0. The highest BCUT2D eigenvalue weighted by Gasteiger charge is 2.03. The lowest BCUT2D eigenvalue weighted by Crippen LogP contribution is -2.51. The van der Waals surface area contributed by atoms with E-state index >= 15 is 0 Å². The number of rotatable bonds is 2. The van der Waals surface area contributed by atoms with Crippen molar-refractivity contribution < 1.29 is 5.73 Å². The molecule has 66 valence electrons. The van der Waals surface area contributed by atoms with E-state index in [1.54, 1.807) is 0 Å². The molecule has 0 bridgehead atoms. The molecule has 0 unspecified atom stereocenters. The first-order valence-electron chi connectivity index (χ1n) is 4.54. The summed E-state index contributed by atoms with van der Waals surface area (Å²) in [6, 6.07) is 9.13. The second-order valence-electron chi connectivity index (χ2n) is 3.72. The average molecular weight is 164 g/mol. The summed E-state index contributed by atoms with van der Waals surface area (Å²) in [6.45, 7) is 6.54. The normalized spacial score (nSPS) is 13.4. The van der Waals surface area contributed by atoms with Gasteiger partial charge in [-0.25, -0.2) is 0 Å². The second kappa shape index (κ2) is 3.72. The summed E-state index contributed by atoms with van der Waals surface area (Å²) in [5.41, 5.74) is 6.70. The maximum absolute atomic E-state index is 3.98. The van der Waals surface area contributed by atoms with Gasteiger partial charge in [-0.15, -0.1) is 0 Å². The zero-order valence-corrected chi connectivity index (χ0v) is 8.17. The third-order valence-corrected chi connectivity index (χ3v) is 2.17. The van der Waals surface area contributed by atoms with Gasteiger partial charge in [-0.1, -0.05) is 38.1 Å². The second-order valence-corrected chi connectivity index (χ2v) is 3.72. The summed E-state index contributed by atoms with van der Waals surface area (Å²) >= 11 is 0. The van der Waals surface area contributed by atoms with Crippen LogP contribution >= 0.6 is 0 Å². The summed E-state index contributed by atoms with van der Waals surface area (Å²) in [4.78, 5) is 0. The molecule has 0 aliphatic rings. The van der Waals surface area contributed by atoms with Crippen molar-refractivity contribution in [3.05, 3.63) is 35.4 Å². The zero-order chi connectivity index (χ0) is 9.14. The molecule has 1 nitrogen and oxygen atoms in total. The minimum Gasteiger partial charge on any atom is -0.352 e. The molecule has 1 aromatic carbocycles. The maximum atomic E-state index is 3.98. The Bertz CT molecular complexity index is 207. The average Bonchev–Trinajstić information content (AvgIpc) is 2.04. The van der Waals surface area contributed by atoms with Gasteiger partial charge in [-0.3, -0.25) is 0 Å². The number of hydrogen-bond donors (Lipinski definition) is 1.